The number of benzene rings is 2. The Morgan fingerprint density at radius 1 is 1.00 bits per heavy atom. The Morgan fingerprint density at radius 2 is 1.75 bits per heavy atom. The number of carbonyl (C=O) groups excluding carboxylic acids is 2. The van der Waals surface area contributed by atoms with Gasteiger partial charge in [0.05, 0.1) is 22.8 Å². The highest BCUT2D eigenvalue weighted by molar-refractivity contribution is 6.30. The summed E-state index contributed by atoms with van der Waals surface area (Å²) in [6.07, 6.45) is 1.43. The van der Waals surface area contributed by atoms with Crippen LogP contribution in [-0.4, -0.2) is 16.8 Å². The molecular weight excluding hydrogens is 376 g/mol. The van der Waals surface area contributed by atoms with Crippen LogP contribution in [0.4, 0.5) is 17.2 Å². The summed E-state index contributed by atoms with van der Waals surface area (Å²) < 4.78 is 0. The van der Waals surface area contributed by atoms with Crippen molar-refractivity contribution in [3.05, 3.63) is 93.9 Å². The number of halogens is 1. The van der Waals surface area contributed by atoms with Gasteiger partial charge in [-0.15, -0.1) is 0 Å². The minimum Gasteiger partial charge on any atom is -0.321 e. The van der Waals surface area contributed by atoms with Gasteiger partial charge >= 0.3 is 0 Å². The maximum Gasteiger partial charge on any atom is 0.258 e. The molecule has 6 nitrogen and oxygen atoms in total. The minimum atomic E-state index is -0.405. The molecule has 0 unspecified atom stereocenters. The molecule has 0 aliphatic rings. The summed E-state index contributed by atoms with van der Waals surface area (Å²) in [5, 5.41) is 5.90. The van der Waals surface area contributed by atoms with Gasteiger partial charge in [-0.05, 0) is 31.2 Å². The van der Waals surface area contributed by atoms with E-state index in [0.29, 0.717) is 33.3 Å². The Labute approximate surface area is 167 Å². The Bertz CT molecular complexity index is 1070. The van der Waals surface area contributed by atoms with E-state index in [4.69, 9.17) is 18.2 Å². The molecule has 28 heavy (non-hydrogen) atoms. The number of nitrogens with one attached hydrogen (secondary N) is 2. The van der Waals surface area contributed by atoms with Crippen LogP contribution in [0.25, 0.3) is 4.85 Å². The molecular formula is C21H15ClN4O2. The first-order valence-electron chi connectivity index (χ1n) is 8.29. The van der Waals surface area contributed by atoms with Crippen LogP contribution in [0.2, 0.25) is 5.02 Å². The minimum absolute atomic E-state index is 0.308. The maximum atomic E-state index is 12.7. The molecule has 7 heteroatoms. The Morgan fingerprint density at radius 3 is 2.39 bits per heavy atom. The summed E-state index contributed by atoms with van der Waals surface area (Å²) in [7, 11) is 0. The van der Waals surface area contributed by atoms with E-state index < -0.39 is 5.91 Å². The van der Waals surface area contributed by atoms with Crippen LogP contribution in [-0.2, 0) is 0 Å². The van der Waals surface area contributed by atoms with Gasteiger partial charge in [-0.2, -0.15) is 0 Å². The largest absolute Gasteiger partial charge is 0.321 e. The summed E-state index contributed by atoms with van der Waals surface area (Å²) in [5.41, 5.74) is 2.38. The highest BCUT2D eigenvalue weighted by Gasteiger charge is 2.15. The fraction of sp³-hybridized carbons (Fsp3) is 0.0476. The number of hydrogen-bond acceptors (Lipinski definition) is 3. The molecule has 3 aromatic rings. The number of nitrogens with zero attached hydrogens (tertiary/aromatic N) is 2. The van der Waals surface area contributed by atoms with E-state index in [2.05, 4.69) is 20.5 Å². The van der Waals surface area contributed by atoms with Gasteiger partial charge in [0.2, 0.25) is 0 Å². The Hall–Kier alpha value is -3.69. The molecule has 138 valence electrons. The molecule has 0 fully saturated rings. The normalized spacial score (nSPS) is 10.0. The Balaban J connectivity index is 1.83. The number of aromatic nitrogens is 1. The summed E-state index contributed by atoms with van der Waals surface area (Å²) >= 11 is 5.81. The highest BCUT2D eigenvalue weighted by atomic mass is 35.5. The zero-order valence-corrected chi connectivity index (χ0v) is 15.6. The summed E-state index contributed by atoms with van der Waals surface area (Å²) in [6.45, 7) is 8.82. The van der Waals surface area contributed by atoms with Crippen LogP contribution in [0, 0.1) is 13.5 Å². The lowest BCUT2D eigenvalue weighted by Crippen LogP contribution is -2.19. The van der Waals surface area contributed by atoms with Gasteiger partial charge in [-0.3, -0.25) is 9.59 Å². The van der Waals surface area contributed by atoms with Gasteiger partial charge < -0.3 is 10.6 Å². The maximum absolute atomic E-state index is 12.7. The molecule has 1 aromatic heterocycles. The van der Waals surface area contributed by atoms with Crippen LogP contribution in [0.15, 0.2) is 60.8 Å². The van der Waals surface area contributed by atoms with E-state index in [9.17, 15) is 9.59 Å². The highest BCUT2D eigenvalue weighted by Crippen LogP contribution is 2.21. The lowest BCUT2D eigenvalue weighted by molar-refractivity contribution is 0.102. The van der Waals surface area contributed by atoms with E-state index in [1.807, 2.05) is 6.92 Å². The molecule has 0 saturated heterocycles. The molecule has 0 bridgehead atoms. The van der Waals surface area contributed by atoms with Crippen molar-refractivity contribution < 1.29 is 9.59 Å². The number of hydrogen-bond donors (Lipinski definition) is 2. The van der Waals surface area contributed by atoms with Crippen molar-refractivity contribution in [2.24, 2.45) is 0 Å². The molecule has 0 aliphatic heterocycles. The lowest BCUT2D eigenvalue weighted by Gasteiger charge is -2.12. The average Bonchev–Trinajstić information content (AvgIpc) is 2.71. The van der Waals surface area contributed by atoms with Crippen molar-refractivity contribution in [1.82, 2.24) is 4.98 Å². The molecule has 0 atom stereocenters. The van der Waals surface area contributed by atoms with Crippen LogP contribution in [0.3, 0.4) is 0 Å². The second kappa shape index (κ2) is 8.33. The van der Waals surface area contributed by atoms with E-state index >= 15 is 0 Å². The molecule has 1 heterocycles. The standard InChI is InChI=1S/C21H15ClN4O2/c1-13-3-9-18(25-20(27)14-4-7-16(23-2)8-5-14)17(11-13)21(28)26-19-10-6-15(22)12-24-19/h3-12H,1H3,(H,25,27)(H,24,26,28). The van der Waals surface area contributed by atoms with E-state index in [1.165, 1.54) is 6.20 Å². The Kier molecular flexibility index (Phi) is 5.68. The fourth-order valence-electron chi connectivity index (χ4n) is 2.47. The molecule has 2 N–H and O–H groups in total. The number of carbonyl (C=O) groups is 2. The third-order valence-electron chi connectivity index (χ3n) is 3.90. The second-order valence-corrected chi connectivity index (χ2v) is 6.41. The van der Waals surface area contributed by atoms with Crippen molar-refractivity contribution in [2.75, 3.05) is 10.6 Å². The fourth-order valence-corrected chi connectivity index (χ4v) is 2.58. The van der Waals surface area contributed by atoms with Gasteiger partial charge in [0.15, 0.2) is 5.69 Å². The first-order chi connectivity index (χ1) is 13.5. The van der Waals surface area contributed by atoms with Crippen molar-refractivity contribution in [3.8, 4) is 0 Å². The zero-order valence-electron chi connectivity index (χ0n) is 14.9. The first kappa shape index (κ1) is 19.1. The SMILES string of the molecule is [C-]#[N+]c1ccc(C(=O)Nc2ccc(C)cc2C(=O)Nc2ccc(Cl)cn2)cc1. The molecule has 3 rings (SSSR count). The predicted octanol–water partition coefficient (Wildman–Crippen LogP) is 5.10. The average molecular weight is 391 g/mol. The third kappa shape index (κ3) is 4.53. The monoisotopic (exact) mass is 390 g/mol. The third-order valence-corrected chi connectivity index (χ3v) is 4.12. The molecule has 2 aromatic carbocycles. The summed E-state index contributed by atoms with van der Waals surface area (Å²) in [6, 6.07) is 14.6. The number of aryl methyl sites for hydroxylation is 1. The zero-order chi connectivity index (χ0) is 20.1. The van der Waals surface area contributed by atoms with Crippen LogP contribution in [0.1, 0.15) is 26.3 Å². The van der Waals surface area contributed by atoms with E-state index in [-0.39, 0.29) is 5.91 Å². The van der Waals surface area contributed by atoms with Gasteiger partial charge in [0.25, 0.3) is 11.8 Å². The second-order valence-electron chi connectivity index (χ2n) is 5.98. The lowest BCUT2D eigenvalue weighted by atomic mass is 10.1. The molecule has 2 amide bonds. The van der Waals surface area contributed by atoms with Crippen molar-refractivity contribution >= 4 is 40.6 Å². The van der Waals surface area contributed by atoms with E-state index in [1.54, 1.807) is 54.6 Å². The molecule has 0 saturated carbocycles. The predicted molar refractivity (Wildman–Crippen MR) is 109 cm³/mol. The molecule has 0 radical (unpaired) electrons. The van der Waals surface area contributed by atoms with Crippen LogP contribution < -0.4 is 10.6 Å². The first-order valence-corrected chi connectivity index (χ1v) is 8.66. The van der Waals surface area contributed by atoms with Gasteiger partial charge in [0.1, 0.15) is 5.82 Å². The quantitative estimate of drug-likeness (QED) is 0.608. The van der Waals surface area contributed by atoms with Crippen LogP contribution >= 0.6 is 11.6 Å². The van der Waals surface area contributed by atoms with Crippen LogP contribution in [0.5, 0.6) is 0 Å². The number of rotatable bonds is 4. The number of amides is 2. The smallest absolute Gasteiger partial charge is 0.258 e. The number of anilines is 2. The van der Waals surface area contributed by atoms with E-state index in [0.717, 1.165) is 5.56 Å². The van der Waals surface area contributed by atoms with Gasteiger partial charge in [-0.1, -0.05) is 47.5 Å². The molecule has 0 spiro atoms. The van der Waals surface area contributed by atoms with Crippen molar-refractivity contribution in [1.29, 1.82) is 0 Å². The van der Waals surface area contributed by atoms with Gasteiger partial charge in [-0.25, -0.2) is 9.83 Å². The molecule has 0 aliphatic carbocycles. The van der Waals surface area contributed by atoms with Crippen molar-refractivity contribution in [3.63, 3.8) is 0 Å². The topological polar surface area (TPSA) is 75.5 Å². The van der Waals surface area contributed by atoms with Gasteiger partial charge in [0, 0.05) is 11.8 Å². The number of pyridine rings is 1. The van der Waals surface area contributed by atoms with Crippen molar-refractivity contribution in [2.45, 2.75) is 6.92 Å². The summed E-state index contributed by atoms with van der Waals surface area (Å²) in [5.74, 6) is -0.431. The summed E-state index contributed by atoms with van der Waals surface area (Å²) in [4.78, 5) is 32.6.